The molecule has 0 aliphatic carbocycles. The average molecular weight is 276 g/mol. The van der Waals surface area contributed by atoms with Crippen LogP contribution in [0.15, 0.2) is 24.3 Å². The van der Waals surface area contributed by atoms with Crippen LogP contribution in [0, 0.1) is 0 Å². The SMILES string of the molecule is CCCC1CC(Nc2ccc(C(=O)NC)cc2)CCO1. The van der Waals surface area contributed by atoms with Crippen molar-refractivity contribution in [3.8, 4) is 0 Å². The molecule has 4 nitrogen and oxygen atoms in total. The van der Waals surface area contributed by atoms with Gasteiger partial charge in [0.25, 0.3) is 5.91 Å². The highest BCUT2D eigenvalue weighted by molar-refractivity contribution is 5.94. The maximum atomic E-state index is 11.5. The van der Waals surface area contributed by atoms with Crippen LogP contribution < -0.4 is 10.6 Å². The Bertz CT molecular complexity index is 429. The van der Waals surface area contributed by atoms with Crippen LogP contribution in [-0.4, -0.2) is 31.7 Å². The molecule has 2 unspecified atom stereocenters. The monoisotopic (exact) mass is 276 g/mol. The van der Waals surface area contributed by atoms with Gasteiger partial charge >= 0.3 is 0 Å². The first kappa shape index (κ1) is 14.9. The predicted octanol–water partition coefficient (Wildman–Crippen LogP) is 2.81. The third-order valence-electron chi connectivity index (χ3n) is 3.72. The van der Waals surface area contributed by atoms with E-state index in [1.165, 1.54) is 0 Å². The number of rotatable bonds is 5. The van der Waals surface area contributed by atoms with E-state index in [2.05, 4.69) is 17.6 Å². The van der Waals surface area contributed by atoms with E-state index in [0.29, 0.717) is 17.7 Å². The van der Waals surface area contributed by atoms with E-state index in [0.717, 1.165) is 38.0 Å². The summed E-state index contributed by atoms with van der Waals surface area (Å²) in [7, 11) is 1.64. The lowest BCUT2D eigenvalue weighted by Gasteiger charge is -2.30. The number of benzene rings is 1. The van der Waals surface area contributed by atoms with Crippen LogP contribution in [-0.2, 0) is 4.74 Å². The van der Waals surface area contributed by atoms with Crippen LogP contribution in [0.25, 0.3) is 0 Å². The van der Waals surface area contributed by atoms with E-state index in [4.69, 9.17) is 4.74 Å². The summed E-state index contributed by atoms with van der Waals surface area (Å²) in [6, 6.07) is 8.10. The lowest BCUT2D eigenvalue weighted by Crippen LogP contribution is -2.34. The van der Waals surface area contributed by atoms with Crippen LogP contribution in [0.5, 0.6) is 0 Å². The molecule has 0 spiro atoms. The van der Waals surface area contributed by atoms with Crippen molar-refractivity contribution in [1.29, 1.82) is 0 Å². The molecule has 1 aromatic carbocycles. The quantitative estimate of drug-likeness (QED) is 0.869. The molecule has 1 saturated heterocycles. The number of hydrogen-bond acceptors (Lipinski definition) is 3. The van der Waals surface area contributed by atoms with E-state index in [-0.39, 0.29) is 5.91 Å². The Balaban J connectivity index is 1.91. The van der Waals surface area contributed by atoms with Crippen molar-refractivity contribution in [2.24, 2.45) is 0 Å². The fourth-order valence-corrected chi connectivity index (χ4v) is 2.63. The molecule has 1 fully saturated rings. The second kappa shape index (κ2) is 7.29. The second-order valence-corrected chi connectivity index (χ2v) is 5.30. The summed E-state index contributed by atoms with van der Waals surface area (Å²) in [6.45, 7) is 3.02. The summed E-state index contributed by atoms with van der Waals surface area (Å²) in [5.41, 5.74) is 1.76. The Labute approximate surface area is 120 Å². The van der Waals surface area contributed by atoms with Crippen LogP contribution in [0.1, 0.15) is 43.0 Å². The lowest BCUT2D eigenvalue weighted by atomic mass is 10.00. The number of ether oxygens (including phenoxy) is 1. The van der Waals surface area contributed by atoms with Crippen molar-refractivity contribution in [3.63, 3.8) is 0 Å². The van der Waals surface area contributed by atoms with Gasteiger partial charge in [-0.3, -0.25) is 4.79 Å². The van der Waals surface area contributed by atoms with Crippen LogP contribution in [0.2, 0.25) is 0 Å². The van der Waals surface area contributed by atoms with Gasteiger partial charge in [0.05, 0.1) is 6.10 Å². The first-order valence-electron chi connectivity index (χ1n) is 7.43. The number of hydrogen-bond donors (Lipinski definition) is 2. The van der Waals surface area contributed by atoms with E-state index >= 15 is 0 Å². The summed E-state index contributed by atoms with van der Waals surface area (Å²) in [5.74, 6) is -0.0503. The largest absolute Gasteiger partial charge is 0.382 e. The summed E-state index contributed by atoms with van der Waals surface area (Å²) in [4.78, 5) is 11.5. The average Bonchev–Trinajstić information content (AvgIpc) is 2.48. The van der Waals surface area contributed by atoms with Gasteiger partial charge in [-0.2, -0.15) is 0 Å². The molecular formula is C16H24N2O2. The van der Waals surface area contributed by atoms with E-state index < -0.39 is 0 Å². The van der Waals surface area contributed by atoms with Crippen LogP contribution in [0.3, 0.4) is 0 Å². The van der Waals surface area contributed by atoms with Crippen LogP contribution >= 0.6 is 0 Å². The zero-order valence-electron chi connectivity index (χ0n) is 12.3. The number of nitrogens with one attached hydrogen (secondary N) is 2. The topological polar surface area (TPSA) is 50.4 Å². The number of anilines is 1. The van der Waals surface area contributed by atoms with Gasteiger partial charge in [-0.25, -0.2) is 0 Å². The summed E-state index contributed by atoms with van der Waals surface area (Å²) >= 11 is 0. The van der Waals surface area contributed by atoms with E-state index in [1.54, 1.807) is 7.05 Å². The minimum absolute atomic E-state index is 0.0503. The standard InChI is InChI=1S/C16H24N2O2/c1-3-4-15-11-14(9-10-20-15)18-13-7-5-12(6-8-13)16(19)17-2/h5-8,14-15,18H,3-4,9-11H2,1-2H3,(H,17,19). The Hall–Kier alpha value is -1.55. The van der Waals surface area contributed by atoms with Crippen molar-refractivity contribution < 1.29 is 9.53 Å². The molecule has 0 saturated carbocycles. The minimum Gasteiger partial charge on any atom is -0.382 e. The Morgan fingerprint density at radius 1 is 1.35 bits per heavy atom. The normalized spacial score (nSPS) is 22.3. The molecule has 110 valence electrons. The molecule has 2 atom stereocenters. The molecule has 4 heteroatoms. The minimum atomic E-state index is -0.0503. The van der Waals surface area contributed by atoms with Gasteiger partial charge < -0.3 is 15.4 Å². The smallest absolute Gasteiger partial charge is 0.251 e. The van der Waals surface area contributed by atoms with E-state index in [9.17, 15) is 4.79 Å². The Morgan fingerprint density at radius 3 is 2.75 bits per heavy atom. The maximum Gasteiger partial charge on any atom is 0.251 e. The second-order valence-electron chi connectivity index (χ2n) is 5.30. The van der Waals surface area contributed by atoms with Gasteiger partial charge in [0.2, 0.25) is 0 Å². The number of amides is 1. The van der Waals surface area contributed by atoms with Crippen molar-refractivity contribution in [1.82, 2.24) is 5.32 Å². The van der Waals surface area contributed by atoms with Gasteiger partial charge in [-0.05, 0) is 43.5 Å². The number of carbonyl (C=O) groups is 1. The Kier molecular flexibility index (Phi) is 5.41. The molecule has 0 aromatic heterocycles. The molecule has 1 heterocycles. The molecule has 1 aliphatic heterocycles. The molecule has 20 heavy (non-hydrogen) atoms. The highest BCUT2D eigenvalue weighted by Crippen LogP contribution is 2.21. The fraction of sp³-hybridized carbons (Fsp3) is 0.562. The van der Waals surface area contributed by atoms with Gasteiger partial charge in [0.1, 0.15) is 0 Å². The van der Waals surface area contributed by atoms with Gasteiger partial charge in [0.15, 0.2) is 0 Å². The molecule has 1 aliphatic rings. The van der Waals surface area contributed by atoms with E-state index in [1.807, 2.05) is 24.3 Å². The fourth-order valence-electron chi connectivity index (χ4n) is 2.63. The zero-order valence-corrected chi connectivity index (χ0v) is 12.3. The zero-order chi connectivity index (χ0) is 14.4. The van der Waals surface area contributed by atoms with Crippen molar-refractivity contribution in [2.45, 2.75) is 44.8 Å². The van der Waals surface area contributed by atoms with Gasteiger partial charge in [-0.1, -0.05) is 13.3 Å². The lowest BCUT2D eigenvalue weighted by molar-refractivity contribution is 0.00598. The molecule has 2 rings (SSSR count). The van der Waals surface area contributed by atoms with Gasteiger partial charge in [0, 0.05) is 30.9 Å². The Morgan fingerprint density at radius 2 is 2.10 bits per heavy atom. The molecule has 2 N–H and O–H groups in total. The third-order valence-corrected chi connectivity index (χ3v) is 3.72. The van der Waals surface area contributed by atoms with Crippen molar-refractivity contribution in [2.75, 3.05) is 19.0 Å². The molecule has 0 bridgehead atoms. The predicted molar refractivity (Wildman–Crippen MR) is 81.1 cm³/mol. The first-order chi connectivity index (χ1) is 9.72. The molecule has 1 amide bonds. The molecule has 0 radical (unpaired) electrons. The van der Waals surface area contributed by atoms with Crippen molar-refractivity contribution in [3.05, 3.63) is 29.8 Å². The highest BCUT2D eigenvalue weighted by atomic mass is 16.5. The molecule has 1 aromatic rings. The summed E-state index contributed by atoms with van der Waals surface area (Å²) in [5, 5.41) is 6.17. The summed E-state index contributed by atoms with van der Waals surface area (Å²) < 4.78 is 5.76. The van der Waals surface area contributed by atoms with Crippen LogP contribution in [0.4, 0.5) is 5.69 Å². The van der Waals surface area contributed by atoms with Gasteiger partial charge in [-0.15, -0.1) is 0 Å². The third kappa shape index (κ3) is 3.97. The number of carbonyl (C=O) groups excluding carboxylic acids is 1. The van der Waals surface area contributed by atoms with Crippen molar-refractivity contribution >= 4 is 11.6 Å². The first-order valence-corrected chi connectivity index (χ1v) is 7.43. The highest BCUT2D eigenvalue weighted by Gasteiger charge is 2.21. The maximum absolute atomic E-state index is 11.5. The summed E-state index contributed by atoms with van der Waals surface area (Å²) in [6.07, 6.45) is 4.78. The molecular weight excluding hydrogens is 252 g/mol.